The Hall–Kier alpha value is -2.21. The number of aromatic nitrogens is 5. The summed E-state index contributed by atoms with van der Waals surface area (Å²) < 4.78 is 7.55. The van der Waals surface area contributed by atoms with Gasteiger partial charge in [0.1, 0.15) is 5.82 Å². The largest absolute Gasteiger partial charge is 0.479 e. The lowest BCUT2D eigenvalue weighted by atomic mass is 10.2. The second-order valence-electron chi connectivity index (χ2n) is 5.22. The molecular formula is C15H16ClN5O. The van der Waals surface area contributed by atoms with Gasteiger partial charge in [-0.1, -0.05) is 0 Å². The summed E-state index contributed by atoms with van der Waals surface area (Å²) in [6.07, 6.45) is 1.61. The summed E-state index contributed by atoms with van der Waals surface area (Å²) in [5.74, 6) is 1.40. The topological polar surface area (TPSA) is 65.7 Å². The standard InChI is InChI=1S/C15H16ClN5O/c1-8(2)21-9(3)18-13-12(21)7-11(19-14(13)22-4)10-5-6-17-15(16)20-10/h5-8H,1-4H3. The zero-order chi connectivity index (χ0) is 15.9. The minimum absolute atomic E-state index is 0.187. The number of rotatable bonds is 3. The maximum Gasteiger partial charge on any atom is 0.242 e. The van der Waals surface area contributed by atoms with Crippen molar-refractivity contribution >= 4 is 22.6 Å². The second-order valence-corrected chi connectivity index (χ2v) is 5.56. The molecule has 114 valence electrons. The van der Waals surface area contributed by atoms with Crippen LogP contribution < -0.4 is 4.74 Å². The summed E-state index contributed by atoms with van der Waals surface area (Å²) in [7, 11) is 1.59. The molecule has 0 fully saturated rings. The van der Waals surface area contributed by atoms with Crippen LogP contribution in [0.25, 0.3) is 22.4 Å². The van der Waals surface area contributed by atoms with Crippen LogP contribution in [0.2, 0.25) is 5.28 Å². The number of ether oxygens (including phenoxy) is 1. The number of nitrogens with zero attached hydrogens (tertiary/aromatic N) is 5. The molecule has 0 saturated heterocycles. The predicted molar refractivity (Wildman–Crippen MR) is 85.2 cm³/mol. The zero-order valence-electron chi connectivity index (χ0n) is 12.8. The molecule has 0 saturated carbocycles. The van der Waals surface area contributed by atoms with Crippen LogP contribution in [0.5, 0.6) is 5.88 Å². The van der Waals surface area contributed by atoms with E-state index in [4.69, 9.17) is 16.3 Å². The van der Waals surface area contributed by atoms with E-state index in [1.807, 2.05) is 13.0 Å². The summed E-state index contributed by atoms with van der Waals surface area (Å²) in [5.41, 5.74) is 3.03. The van der Waals surface area contributed by atoms with E-state index in [2.05, 4.69) is 38.4 Å². The van der Waals surface area contributed by atoms with E-state index in [1.165, 1.54) is 0 Å². The smallest absolute Gasteiger partial charge is 0.242 e. The molecule has 0 aliphatic heterocycles. The van der Waals surface area contributed by atoms with Gasteiger partial charge >= 0.3 is 0 Å². The molecule has 3 aromatic heterocycles. The number of hydrogen-bond acceptors (Lipinski definition) is 5. The van der Waals surface area contributed by atoms with Crippen molar-refractivity contribution in [1.82, 2.24) is 24.5 Å². The third-order valence-corrected chi connectivity index (χ3v) is 3.60. The molecule has 0 unspecified atom stereocenters. The Labute approximate surface area is 133 Å². The van der Waals surface area contributed by atoms with Gasteiger partial charge < -0.3 is 9.30 Å². The fourth-order valence-electron chi connectivity index (χ4n) is 2.58. The molecule has 0 aliphatic rings. The lowest BCUT2D eigenvalue weighted by Gasteiger charge is -2.12. The zero-order valence-corrected chi connectivity index (χ0v) is 13.6. The van der Waals surface area contributed by atoms with Crippen molar-refractivity contribution in [3.63, 3.8) is 0 Å². The van der Waals surface area contributed by atoms with E-state index in [9.17, 15) is 0 Å². The molecular weight excluding hydrogens is 302 g/mol. The molecule has 0 amide bonds. The molecule has 0 bridgehead atoms. The van der Waals surface area contributed by atoms with Crippen molar-refractivity contribution in [2.24, 2.45) is 0 Å². The Morgan fingerprint density at radius 2 is 1.95 bits per heavy atom. The van der Waals surface area contributed by atoms with Crippen LogP contribution >= 0.6 is 11.6 Å². The van der Waals surface area contributed by atoms with Gasteiger partial charge in [-0.15, -0.1) is 0 Å². The van der Waals surface area contributed by atoms with Crippen molar-refractivity contribution in [1.29, 1.82) is 0 Å². The molecule has 3 aromatic rings. The Bertz CT molecular complexity index is 843. The van der Waals surface area contributed by atoms with Crippen LogP contribution in [0.4, 0.5) is 0 Å². The van der Waals surface area contributed by atoms with Gasteiger partial charge in [0, 0.05) is 12.2 Å². The van der Waals surface area contributed by atoms with E-state index in [0.717, 1.165) is 16.9 Å². The van der Waals surface area contributed by atoms with E-state index < -0.39 is 0 Å². The molecule has 6 nitrogen and oxygen atoms in total. The van der Waals surface area contributed by atoms with Gasteiger partial charge in [-0.2, -0.15) is 0 Å². The third kappa shape index (κ3) is 2.39. The van der Waals surface area contributed by atoms with Crippen LogP contribution in [0.3, 0.4) is 0 Å². The van der Waals surface area contributed by atoms with E-state index >= 15 is 0 Å². The lowest BCUT2D eigenvalue weighted by molar-refractivity contribution is 0.403. The van der Waals surface area contributed by atoms with Gasteiger partial charge in [-0.25, -0.2) is 19.9 Å². The Balaban J connectivity index is 2.31. The van der Waals surface area contributed by atoms with Crippen molar-refractivity contribution in [2.45, 2.75) is 26.8 Å². The van der Waals surface area contributed by atoms with Crippen LogP contribution in [0.1, 0.15) is 25.7 Å². The molecule has 0 radical (unpaired) electrons. The molecule has 0 spiro atoms. The number of methoxy groups -OCH3 is 1. The number of pyridine rings is 1. The van der Waals surface area contributed by atoms with Crippen LogP contribution in [0.15, 0.2) is 18.3 Å². The molecule has 0 N–H and O–H groups in total. The Morgan fingerprint density at radius 1 is 1.18 bits per heavy atom. The van der Waals surface area contributed by atoms with Crippen molar-refractivity contribution in [2.75, 3.05) is 7.11 Å². The number of halogens is 1. The highest BCUT2D eigenvalue weighted by Gasteiger charge is 2.17. The number of aryl methyl sites for hydroxylation is 1. The fourth-order valence-corrected chi connectivity index (χ4v) is 2.73. The highest BCUT2D eigenvalue weighted by Crippen LogP contribution is 2.30. The van der Waals surface area contributed by atoms with Gasteiger partial charge in [-0.3, -0.25) is 0 Å². The minimum Gasteiger partial charge on any atom is -0.479 e. The third-order valence-electron chi connectivity index (χ3n) is 3.42. The normalized spacial score (nSPS) is 11.4. The van der Waals surface area contributed by atoms with Crippen molar-refractivity contribution in [3.05, 3.63) is 29.4 Å². The average molecular weight is 318 g/mol. The summed E-state index contributed by atoms with van der Waals surface area (Å²) in [4.78, 5) is 17.2. The molecule has 0 atom stereocenters. The van der Waals surface area contributed by atoms with Crippen LogP contribution in [-0.4, -0.2) is 31.6 Å². The van der Waals surface area contributed by atoms with Gasteiger partial charge in [0.15, 0.2) is 5.52 Å². The van der Waals surface area contributed by atoms with E-state index in [1.54, 1.807) is 19.4 Å². The first-order valence-corrected chi connectivity index (χ1v) is 7.31. The molecule has 3 heterocycles. The fraction of sp³-hybridized carbons (Fsp3) is 0.333. The van der Waals surface area contributed by atoms with Gasteiger partial charge in [0.25, 0.3) is 0 Å². The summed E-state index contributed by atoms with van der Waals surface area (Å²) in [6.45, 7) is 6.20. The maximum absolute atomic E-state index is 5.87. The first-order chi connectivity index (χ1) is 10.5. The number of fused-ring (bicyclic) bond motifs is 1. The van der Waals surface area contributed by atoms with Gasteiger partial charge in [0.05, 0.1) is 24.0 Å². The monoisotopic (exact) mass is 317 g/mol. The highest BCUT2D eigenvalue weighted by molar-refractivity contribution is 6.28. The van der Waals surface area contributed by atoms with Gasteiger partial charge in [-0.05, 0) is 44.5 Å². The van der Waals surface area contributed by atoms with Gasteiger partial charge in [0.2, 0.25) is 11.2 Å². The van der Waals surface area contributed by atoms with Crippen LogP contribution in [-0.2, 0) is 0 Å². The SMILES string of the molecule is COc1nc(-c2ccnc(Cl)n2)cc2c1nc(C)n2C(C)C. The summed E-state index contributed by atoms with van der Waals surface area (Å²) >= 11 is 5.87. The Morgan fingerprint density at radius 3 is 2.59 bits per heavy atom. The molecule has 22 heavy (non-hydrogen) atoms. The van der Waals surface area contributed by atoms with Crippen molar-refractivity contribution < 1.29 is 4.74 Å². The first kappa shape index (κ1) is 14.7. The Kier molecular flexibility index (Phi) is 3.70. The quantitative estimate of drug-likeness (QED) is 0.692. The highest BCUT2D eigenvalue weighted by atomic mass is 35.5. The van der Waals surface area contributed by atoms with E-state index in [0.29, 0.717) is 17.3 Å². The molecule has 7 heteroatoms. The average Bonchev–Trinajstić information content (AvgIpc) is 2.82. The summed E-state index contributed by atoms with van der Waals surface area (Å²) in [6, 6.07) is 4.00. The first-order valence-electron chi connectivity index (χ1n) is 6.93. The maximum atomic E-state index is 5.87. The minimum atomic E-state index is 0.187. The van der Waals surface area contributed by atoms with E-state index in [-0.39, 0.29) is 11.3 Å². The molecule has 0 aliphatic carbocycles. The lowest BCUT2D eigenvalue weighted by Crippen LogP contribution is -2.03. The van der Waals surface area contributed by atoms with Crippen molar-refractivity contribution in [3.8, 4) is 17.3 Å². The second kappa shape index (κ2) is 5.53. The summed E-state index contributed by atoms with van der Waals surface area (Å²) in [5, 5.41) is 0.187. The number of imidazole rings is 1. The predicted octanol–water partition coefficient (Wildman–Crippen LogP) is 3.44. The molecule has 3 rings (SSSR count). The van der Waals surface area contributed by atoms with Crippen LogP contribution in [0, 0.1) is 6.92 Å². The molecule has 0 aromatic carbocycles. The number of hydrogen-bond donors (Lipinski definition) is 0.